The molecule has 17 heavy (non-hydrogen) atoms. The molecule has 0 fully saturated rings. The van der Waals surface area contributed by atoms with Crippen molar-refractivity contribution in [2.45, 2.75) is 33.2 Å². The molecule has 0 saturated heterocycles. The molecule has 0 spiro atoms. The minimum Gasteiger partial charge on any atom is -0.389 e. The summed E-state index contributed by atoms with van der Waals surface area (Å²) in [6.45, 7) is 7.51. The number of hydrogen-bond donors (Lipinski definition) is 1. The minimum atomic E-state index is 0.447. The van der Waals surface area contributed by atoms with E-state index in [9.17, 15) is 0 Å². The van der Waals surface area contributed by atoms with Crippen molar-refractivity contribution < 1.29 is 0 Å². The van der Waals surface area contributed by atoms with Gasteiger partial charge in [0, 0.05) is 28.3 Å². The van der Waals surface area contributed by atoms with Crippen LogP contribution in [0.15, 0.2) is 22.7 Å². The largest absolute Gasteiger partial charge is 0.389 e. The SMILES string of the molecule is CCC(C)N(CC)c1ccc(Br)cc1C(N)=S. The molecule has 94 valence electrons. The first-order valence-corrected chi connectivity index (χ1v) is 7.07. The molecule has 0 aliphatic heterocycles. The van der Waals surface area contributed by atoms with Crippen LogP contribution in [0, 0.1) is 0 Å². The average molecular weight is 315 g/mol. The van der Waals surface area contributed by atoms with Gasteiger partial charge in [0.2, 0.25) is 0 Å². The molecule has 1 rings (SSSR count). The van der Waals surface area contributed by atoms with Crippen molar-refractivity contribution in [3.8, 4) is 0 Å². The van der Waals surface area contributed by atoms with E-state index in [2.05, 4.69) is 47.7 Å². The van der Waals surface area contributed by atoms with Gasteiger partial charge < -0.3 is 10.6 Å². The lowest BCUT2D eigenvalue weighted by Crippen LogP contribution is -2.34. The highest BCUT2D eigenvalue weighted by atomic mass is 79.9. The lowest BCUT2D eigenvalue weighted by atomic mass is 10.1. The first-order valence-electron chi connectivity index (χ1n) is 5.87. The minimum absolute atomic E-state index is 0.447. The second-order valence-corrected chi connectivity index (χ2v) is 5.42. The fraction of sp³-hybridized carbons (Fsp3) is 0.462. The van der Waals surface area contributed by atoms with Gasteiger partial charge in [0.1, 0.15) is 4.99 Å². The molecule has 4 heteroatoms. The first-order chi connectivity index (χ1) is 8.01. The third kappa shape index (κ3) is 3.42. The predicted octanol–water partition coefficient (Wildman–Crippen LogP) is 3.71. The van der Waals surface area contributed by atoms with Gasteiger partial charge in [-0.15, -0.1) is 0 Å². The van der Waals surface area contributed by atoms with E-state index >= 15 is 0 Å². The van der Waals surface area contributed by atoms with Gasteiger partial charge in [-0.25, -0.2) is 0 Å². The van der Waals surface area contributed by atoms with Crippen molar-refractivity contribution in [3.63, 3.8) is 0 Å². The Hall–Kier alpha value is -0.610. The third-order valence-electron chi connectivity index (χ3n) is 3.00. The van der Waals surface area contributed by atoms with E-state index in [0.29, 0.717) is 11.0 Å². The molecule has 2 nitrogen and oxygen atoms in total. The summed E-state index contributed by atoms with van der Waals surface area (Å²) in [4.78, 5) is 2.78. The smallest absolute Gasteiger partial charge is 0.106 e. The van der Waals surface area contributed by atoms with Crippen molar-refractivity contribution in [3.05, 3.63) is 28.2 Å². The van der Waals surface area contributed by atoms with E-state index in [1.54, 1.807) is 0 Å². The first kappa shape index (κ1) is 14.5. The van der Waals surface area contributed by atoms with E-state index in [0.717, 1.165) is 28.7 Å². The predicted molar refractivity (Wildman–Crippen MR) is 82.8 cm³/mol. The number of anilines is 1. The van der Waals surface area contributed by atoms with Crippen LogP contribution >= 0.6 is 28.1 Å². The maximum atomic E-state index is 5.80. The normalized spacial score (nSPS) is 12.2. The standard InChI is InChI=1S/C13H19BrN2S/c1-4-9(3)16(5-2)12-7-6-10(14)8-11(12)13(15)17/h6-9H,4-5H2,1-3H3,(H2,15,17). The van der Waals surface area contributed by atoms with E-state index in [1.807, 2.05) is 12.1 Å². The van der Waals surface area contributed by atoms with Crippen LogP contribution in [0.25, 0.3) is 0 Å². The Morgan fingerprint density at radius 3 is 2.59 bits per heavy atom. The Morgan fingerprint density at radius 1 is 1.47 bits per heavy atom. The lowest BCUT2D eigenvalue weighted by Gasteiger charge is -2.31. The van der Waals surface area contributed by atoms with Crippen LogP contribution in [0.3, 0.4) is 0 Å². The molecule has 1 aromatic rings. The number of thiocarbonyl (C=S) groups is 1. The molecule has 0 aliphatic rings. The molecule has 1 aromatic carbocycles. The molecule has 0 aliphatic carbocycles. The Kier molecular flexibility index (Phi) is 5.40. The van der Waals surface area contributed by atoms with Crippen molar-refractivity contribution >= 4 is 38.8 Å². The highest BCUT2D eigenvalue weighted by molar-refractivity contribution is 9.10. The van der Waals surface area contributed by atoms with Gasteiger partial charge in [0.05, 0.1) is 0 Å². The maximum Gasteiger partial charge on any atom is 0.106 e. The summed E-state index contributed by atoms with van der Waals surface area (Å²) in [5.74, 6) is 0. The van der Waals surface area contributed by atoms with Crippen molar-refractivity contribution in [1.82, 2.24) is 0 Å². The van der Waals surface area contributed by atoms with E-state index in [1.165, 1.54) is 0 Å². The molecule has 0 aromatic heterocycles. The summed E-state index contributed by atoms with van der Waals surface area (Å²) in [5.41, 5.74) is 7.87. The van der Waals surface area contributed by atoms with Crippen molar-refractivity contribution in [1.29, 1.82) is 0 Å². The molecule has 1 atom stereocenters. The summed E-state index contributed by atoms with van der Waals surface area (Å²) >= 11 is 8.59. The highest BCUT2D eigenvalue weighted by Gasteiger charge is 2.16. The number of nitrogens with zero attached hydrogens (tertiary/aromatic N) is 1. The monoisotopic (exact) mass is 314 g/mol. The molecule has 0 saturated carbocycles. The number of halogens is 1. The van der Waals surface area contributed by atoms with Gasteiger partial charge >= 0.3 is 0 Å². The number of nitrogens with two attached hydrogens (primary N) is 1. The average Bonchev–Trinajstić information content (AvgIpc) is 2.31. The van der Waals surface area contributed by atoms with E-state index in [-0.39, 0.29) is 0 Å². The fourth-order valence-electron chi connectivity index (χ4n) is 1.90. The summed E-state index contributed by atoms with van der Waals surface area (Å²) in [6, 6.07) is 6.58. The van der Waals surface area contributed by atoms with E-state index < -0.39 is 0 Å². The number of benzene rings is 1. The molecule has 0 bridgehead atoms. The van der Waals surface area contributed by atoms with Crippen LogP contribution in [-0.2, 0) is 0 Å². The molecule has 0 amide bonds. The van der Waals surface area contributed by atoms with Crippen LogP contribution in [0.4, 0.5) is 5.69 Å². The van der Waals surface area contributed by atoms with Gasteiger partial charge in [-0.2, -0.15) is 0 Å². The third-order valence-corrected chi connectivity index (χ3v) is 3.71. The maximum absolute atomic E-state index is 5.80. The van der Waals surface area contributed by atoms with Gasteiger partial charge in [0.15, 0.2) is 0 Å². The van der Waals surface area contributed by atoms with Crippen LogP contribution in [-0.4, -0.2) is 17.6 Å². The van der Waals surface area contributed by atoms with Crippen LogP contribution in [0.1, 0.15) is 32.8 Å². The molecule has 1 unspecified atom stereocenters. The van der Waals surface area contributed by atoms with Gasteiger partial charge in [-0.1, -0.05) is 35.1 Å². The van der Waals surface area contributed by atoms with Crippen molar-refractivity contribution in [2.24, 2.45) is 5.73 Å². The Bertz CT molecular complexity index is 406. The zero-order valence-corrected chi connectivity index (χ0v) is 12.9. The van der Waals surface area contributed by atoms with Gasteiger partial charge in [-0.3, -0.25) is 0 Å². The zero-order chi connectivity index (χ0) is 13.0. The summed E-state index contributed by atoms with van der Waals surface area (Å²) in [7, 11) is 0. The molecular weight excluding hydrogens is 296 g/mol. The number of hydrogen-bond acceptors (Lipinski definition) is 2. The Labute approximate surface area is 117 Å². The zero-order valence-electron chi connectivity index (χ0n) is 10.5. The number of rotatable bonds is 5. The van der Waals surface area contributed by atoms with Gasteiger partial charge in [0.25, 0.3) is 0 Å². The lowest BCUT2D eigenvalue weighted by molar-refractivity contribution is 0.629. The summed E-state index contributed by atoms with van der Waals surface area (Å²) in [6.07, 6.45) is 1.10. The Morgan fingerprint density at radius 2 is 2.12 bits per heavy atom. The fourth-order valence-corrected chi connectivity index (χ4v) is 2.42. The quantitative estimate of drug-likeness (QED) is 0.840. The Balaban J connectivity index is 3.23. The molecule has 0 radical (unpaired) electrons. The van der Waals surface area contributed by atoms with Crippen LogP contribution in [0.5, 0.6) is 0 Å². The highest BCUT2D eigenvalue weighted by Crippen LogP contribution is 2.26. The van der Waals surface area contributed by atoms with Crippen LogP contribution < -0.4 is 10.6 Å². The summed E-state index contributed by atoms with van der Waals surface area (Å²) in [5, 5.41) is 0. The second kappa shape index (κ2) is 6.36. The second-order valence-electron chi connectivity index (χ2n) is 4.07. The van der Waals surface area contributed by atoms with E-state index in [4.69, 9.17) is 18.0 Å². The van der Waals surface area contributed by atoms with Crippen molar-refractivity contribution in [2.75, 3.05) is 11.4 Å². The summed E-state index contributed by atoms with van der Waals surface area (Å²) < 4.78 is 1.00. The molecule has 2 N–H and O–H groups in total. The molecular formula is C13H19BrN2S. The topological polar surface area (TPSA) is 29.3 Å². The molecule has 0 heterocycles. The van der Waals surface area contributed by atoms with Crippen LogP contribution in [0.2, 0.25) is 0 Å². The van der Waals surface area contributed by atoms with Gasteiger partial charge in [-0.05, 0) is 38.5 Å².